The van der Waals surface area contributed by atoms with Crippen LogP contribution >= 0.6 is 24.0 Å². The fraction of sp³-hybridized carbons (Fsp3) is 0.579. The van der Waals surface area contributed by atoms with Gasteiger partial charge < -0.3 is 15.5 Å². The molecular weight excluding hydrogens is 479 g/mol. The predicted octanol–water partition coefficient (Wildman–Crippen LogP) is 2.19. The summed E-state index contributed by atoms with van der Waals surface area (Å²) in [7, 11) is 5.21. The highest BCUT2D eigenvalue weighted by Crippen LogP contribution is 2.18. The van der Waals surface area contributed by atoms with Crippen LogP contribution in [0.5, 0.6) is 0 Å². The van der Waals surface area contributed by atoms with E-state index in [4.69, 9.17) is 0 Å². The van der Waals surface area contributed by atoms with Gasteiger partial charge in [-0.3, -0.25) is 14.7 Å². The molecule has 1 aromatic carbocycles. The smallest absolute Gasteiger partial charge is 0.239 e. The Balaban J connectivity index is 0.00000392. The van der Waals surface area contributed by atoms with Crippen molar-refractivity contribution in [3.8, 4) is 0 Å². The topological polar surface area (TPSA) is 60.0 Å². The van der Waals surface area contributed by atoms with Crippen LogP contribution in [0, 0.1) is 11.6 Å². The van der Waals surface area contributed by atoms with Crippen molar-refractivity contribution in [3.05, 3.63) is 35.4 Å². The number of rotatable bonds is 7. The standard InChI is InChI=1S/C19H29F2N5O.HI/c1-22-19(24-13-14-12-15(20)7-8-16(14)21)23-9-5-11-26-10-4-6-17(26)18(27)25(2)3;/h7-8,12,17H,4-6,9-11,13H2,1-3H3,(H2,22,23,24);1H. The molecule has 158 valence electrons. The number of hydrogen-bond donors (Lipinski definition) is 2. The van der Waals surface area contributed by atoms with Gasteiger partial charge in [0, 0.05) is 46.3 Å². The lowest BCUT2D eigenvalue weighted by Crippen LogP contribution is -2.44. The van der Waals surface area contributed by atoms with Crippen LogP contribution in [0.3, 0.4) is 0 Å². The van der Waals surface area contributed by atoms with Gasteiger partial charge in [-0.15, -0.1) is 24.0 Å². The summed E-state index contributed by atoms with van der Waals surface area (Å²) in [6.07, 6.45) is 2.80. The zero-order valence-electron chi connectivity index (χ0n) is 16.7. The SMILES string of the molecule is CN=C(NCCCN1CCCC1C(=O)N(C)C)NCc1cc(F)ccc1F.I. The third-order valence-corrected chi connectivity index (χ3v) is 4.68. The van der Waals surface area contributed by atoms with E-state index in [0.29, 0.717) is 12.5 Å². The first kappa shape index (κ1) is 24.5. The number of hydrogen-bond acceptors (Lipinski definition) is 3. The predicted molar refractivity (Wildman–Crippen MR) is 118 cm³/mol. The Morgan fingerprint density at radius 2 is 2.07 bits per heavy atom. The summed E-state index contributed by atoms with van der Waals surface area (Å²) < 4.78 is 26.9. The van der Waals surface area contributed by atoms with Gasteiger partial charge in [0.1, 0.15) is 11.6 Å². The van der Waals surface area contributed by atoms with E-state index in [1.165, 1.54) is 6.07 Å². The number of guanidine groups is 1. The van der Waals surface area contributed by atoms with E-state index in [9.17, 15) is 13.6 Å². The molecule has 0 spiro atoms. The highest BCUT2D eigenvalue weighted by Gasteiger charge is 2.30. The number of likely N-dealkylation sites (N-methyl/N-ethyl adjacent to an activating group) is 1. The van der Waals surface area contributed by atoms with Crippen LogP contribution < -0.4 is 10.6 Å². The minimum atomic E-state index is -0.469. The van der Waals surface area contributed by atoms with E-state index in [0.717, 1.165) is 44.5 Å². The maximum atomic E-state index is 13.7. The molecule has 1 aliphatic rings. The summed E-state index contributed by atoms with van der Waals surface area (Å²) >= 11 is 0. The summed E-state index contributed by atoms with van der Waals surface area (Å²) in [6.45, 7) is 2.59. The van der Waals surface area contributed by atoms with Crippen molar-refractivity contribution in [2.75, 3.05) is 40.8 Å². The molecule has 0 saturated carbocycles. The molecule has 1 unspecified atom stereocenters. The van der Waals surface area contributed by atoms with Crippen molar-refractivity contribution < 1.29 is 13.6 Å². The van der Waals surface area contributed by atoms with Gasteiger partial charge in [-0.05, 0) is 44.0 Å². The highest BCUT2D eigenvalue weighted by atomic mass is 127. The third-order valence-electron chi connectivity index (χ3n) is 4.68. The number of carbonyl (C=O) groups is 1. The molecule has 9 heteroatoms. The third kappa shape index (κ3) is 7.16. The summed E-state index contributed by atoms with van der Waals surface area (Å²) in [4.78, 5) is 20.2. The van der Waals surface area contributed by atoms with Crippen molar-refractivity contribution in [2.45, 2.75) is 31.8 Å². The molecule has 1 aliphatic heterocycles. The first-order valence-corrected chi connectivity index (χ1v) is 9.26. The normalized spacial score (nSPS) is 17.2. The molecule has 0 aliphatic carbocycles. The van der Waals surface area contributed by atoms with Gasteiger partial charge in [0.2, 0.25) is 5.91 Å². The molecule has 2 N–H and O–H groups in total. The summed E-state index contributed by atoms with van der Waals surface area (Å²) in [5.41, 5.74) is 0.250. The van der Waals surface area contributed by atoms with Gasteiger partial charge >= 0.3 is 0 Å². The van der Waals surface area contributed by atoms with E-state index >= 15 is 0 Å². The van der Waals surface area contributed by atoms with Crippen molar-refractivity contribution in [2.24, 2.45) is 4.99 Å². The van der Waals surface area contributed by atoms with Crippen LogP contribution in [0.4, 0.5) is 8.78 Å². The number of nitrogens with zero attached hydrogens (tertiary/aromatic N) is 3. The lowest BCUT2D eigenvalue weighted by atomic mass is 10.2. The van der Waals surface area contributed by atoms with Gasteiger partial charge in [-0.2, -0.15) is 0 Å². The molecule has 0 aromatic heterocycles. The van der Waals surface area contributed by atoms with Crippen molar-refractivity contribution >= 4 is 35.8 Å². The Morgan fingerprint density at radius 3 is 2.75 bits per heavy atom. The average molecular weight is 509 g/mol. The quantitative estimate of drug-likeness (QED) is 0.256. The maximum absolute atomic E-state index is 13.7. The highest BCUT2D eigenvalue weighted by molar-refractivity contribution is 14.0. The molecule has 1 amide bonds. The Hall–Kier alpha value is -1.49. The van der Waals surface area contributed by atoms with Gasteiger partial charge in [-0.1, -0.05) is 0 Å². The molecule has 6 nitrogen and oxygen atoms in total. The summed E-state index contributed by atoms with van der Waals surface area (Å²) in [6, 6.07) is 3.36. The Labute approximate surface area is 182 Å². The molecule has 1 heterocycles. The van der Waals surface area contributed by atoms with Crippen LogP contribution in [0.2, 0.25) is 0 Å². The van der Waals surface area contributed by atoms with Crippen LogP contribution in [0.15, 0.2) is 23.2 Å². The molecule has 1 atom stereocenters. The molecule has 1 aromatic rings. The Kier molecular flexibility index (Phi) is 10.7. The minimum absolute atomic E-state index is 0. The summed E-state index contributed by atoms with van der Waals surface area (Å²) in [5.74, 6) is -0.232. The van der Waals surface area contributed by atoms with Gasteiger partial charge in [-0.25, -0.2) is 8.78 Å². The number of nitrogens with one attached hydrogen (secondary N) is 2. The van der Waals surface area contributed by atoms with Crippen LogP contribution in [-0.2, 0) is 11.3 Å². The number of amides is 1. The summed E-state index contributed by atoms with van der Waals surface area (Å²) in [5, 5.41) is 6.15. The Morgan fingerprint density at radius 1 is 1.32 bits per heavy atom. The lowest BCUT2D eigenvalue weighted by molar-refractivity contribution is -0.133. The minimum Gasteiger partial charge on any atom is -0.356 e. The molecule has 1 fully saturated rings. The van der Waals surface area contributed by atoms with E-state index in [2.05, 4.69) is 20.5 Å². The molecule has 0 radical (unpaired) electrons. The van der Waals surface area contributed by atoms with E-state index < -0.39 is 11.6 Å². The van der Waals surface area contributed by atoms with E-state index in [1.807, 2.05) is 0 Å². The first-order valence-electron chi connectivity index (χ1n) is 9.26. The van der Waals surface area contributed by atoms with Crippen molar-refractivity contribution in [1.82, 2.24) is 20.4 Å². The van der Waals surface area contributed by atoms with Crippen LogP contribution in [-0.4, -0.2) is 68.5 Å². The second kappa shape index (κ2) is 12.2. The average Bonchev–Trinajstić information content (AvgIpc) is 3.11. The van der Waals surface area contributed by atoms with Crippen molar-refractivity contribution in [1.29, 1.82) is 0 Å². The van der Waals surface area contributed by atoms with Gasteiger partial charge in [0.15, 0.2) is 5.96 Å². The Bertz CT molecular complexity index is 672. The second-order valence-electron chi connectivity index (χ2n) is 6.87. The van der Waals surface area contributed by atoms with Gasteiger partial charge in [0.05, 0.1) is 6.04 Å². The monoisotopic (exact) mass is 509 g/mol. The molecule has 1 saturated heterocycles. The largest absolute Gasteiger partial charge is 0.356 e. The number of benzene rings is 1. The van der Waals surface area contributed by atoms with E-state index in [-0.39, 0.29) is 48.0 Å². The number of aliphatic imine (C=N–C) groups is 1. The number of likely N-dealkylation sites (tertiary alicyclic amines) is 1. The molecule has 2 rings (SSSR count). The zero-order valence-corrected chi connectivity index (χ0v) is 19.0. The van der Waals surface area contributed by atoms with Crippen LogP contribution in [0.25, 0.3) is 0 Å². The zero-order chi connectivity index (χ0) is 19.8. The molecule has 0 bridgehead atoms. The van der Waals surface area contributed by atoms with E-state index in [1.54, 1.807) is 26.0 Å². The van der Waals surface area contributed by atoms with Crippen LogP contribution in [0.1, 0.15) is 24.8 Å². The molecular formula is C19H30F2IN5O. The number of carbonyl (C=O) groups excluding carboxylic acids is 1. The second-order valence-corrected chi connectivity index (χ2v) is 6.87. The number of halogens is 3. The van der Waals surface area contributed by atoms with Crippen molar-refractivity contribution in [3.63, 3.8) is 0 Å². The fourth-order valence-corrected chi connectivity index (χ4v) is 3.24. The lowest BCUT2D eigenvalue weighted by Gasteiger charge is -2.26. The first-order chi connectivity index (χ1) is 12.9. The molecule has 28 heavy (non-hydrogen) atoms. The fourth-order valence-electron chi connectivity index (χ4n) is 3.24. The van der Waals surface area contributed by atoms with Gasteiger partial charge in [0.25, 0.3) is 0 Å². The maximum Gasteiger partial charge on any atom is 0.239 e.